The fourth-order valence-corrected chi connectivity index (χ4v) is 3.63. The molecule has 1 aliphatic rings. The first kappa shape index (κ1) is 19.4. The third kappa shape index (κ3) is 3.82. The lowest BCUT2D eigenvalue weighted by molar-refractivity contribution is 0.0893. The predicted octanol–water partition coefficient (Wildman–Crippen LogP) is 2.93. The van der Waals surface area contributed by atoms with Gasteiger partial charge in [0.1, 0.15) is 17.8 Å². The van der Waals surface area contributed by atoms with E-state index in [1.54, 1.807) is 0 Å². The summed E-state index contributed by atoms with van der Waals surface area (Å²) in [6.07, 6.45) is 1.68. The van der Waals surface area contributed by atoms with E-state index in [1.807, 2.05) is 0 Å². The number of nitrogens with one attached hydrogen (secondary N) is 2. The number of aromatic nitrogens is 2. The third-order valence-corrected chi connectivity index (χ3v) is 5.03. The lowest BCUT2D eigenvalue weighted by atomic mass is 10.0. The van der Waals surface area contributed by atoms with Crippen LogP contribution in [-0.4, -0.2) is 40.8 Å². The number of rotatable bonds is 4. The van der Waals surface area contributed by atoms with Gasteiger partial charge in [-0.25, -0.2) is 18.2 Å². The number of hydrogen-bond acceptors (Lipinski definition) is 3. The fourth-order valence-electron chi connectivity index (χ4n) is 3.63. The molecule has 29 heavy (non-hydrogen) atoms. The number of hydrogen-bond donors (Lipinski definition) is 2. The molecular formula is C20H18F4N4O. The van der Waals surface area contributed by atoms with Crippen molar-refractivity contribution in [1.29, 1.82) is 0 Å². The quantitative estimate of drug-likeness (QED) is 0.518. The number of benzene rings is 1. The summed E-state index contributed by atoms with van der Waals surface area (Å²) in [5.74, 6) is -2.88. The van der Waals surface area contributed by atoms with Crippen LogP contribution in [0, 0.1) is 17.6 Å². The summed E-state index contributed by atoms with van der Waals surface area (Å²) in [6.45, 7) is 0.662. The molecule has 1 unspecified atom stereocenters. The maximum absolute atomic E-state index is 14.5. The standard InChI is InChI=1S/C20H18F4N4O/c21-13-1-2-14(22)19-18(13)12(20(29)27-16-4-5-25-8-15(16)23)10-28(19)9-11-3-6-26-17(24)7-11/h1-3,6-7,10,15-16,25H,4-5,8-9H2,(H,27,29)/t15-,16?/m0/s1. The van der Waals surface area contributed by atoms with Crippen molar-refractivity contribution in [2.45, 2.75) is 25.2 Å². The van der Waals surface area contributed by atoms with E-state index in [2.05, 4.69) is 15.6 Å². The van der Waals surface area contributed by atoms with E-state index in [9.17, 15) is 22.4 Å². The van der Waals surface area contributed by atoms with Gasteiger partial charge in [0.25, 0.3) is 5.91 Å². The Bertz CT molecular complexity index is 1070. The molecule has 1 fully saturated rings. The molecule has 2 aromatic heterocycles. The molecule has 1 aromatic carbocycles. The molecule has 0 aliphatic carbocycles. The summed E-state index contributed by atoms with van der Waals surface area (Å²) in [5.41, 5.74) is 0.249. The summed E-state index contributed by atoms with van der Waals surface area (Å²) in [6, 6.07) is 3.90. The highest BCUT2D eigenvalue weighted by atomic mass is 19.1. The molecular weight excluding hydrogens is 388 g/mol. The average molecular weight is 406 g/mol. The topological polar surface area (TPSA) is 59.0 Å². The van der Waals surface area contributed by atoms with E-state index in [1.165, 1.54) is 29.1 Å². The van der Waals surface area contributed by atoms with E-state index < -0.39 is 35.7 Å². The van der Waals surface area contributed by atoms with Crippen LogP contribution in [0.5, 0.6) is 0 Å². The Morgan fingerprint density at radius 2 is 2.03 bits per heavy atom. The molecule has 3 aromatic rings. The third-order valence-electron chi connectivity index (χ3n) is 5.03. The number of halogens is 4. The number of alkyl halides is 1. The summed E-state index contributed by atoms with van der Waals surface area (Å²) >= 11 is 0. The largest absolute Gasteiger partial charge is 0.346 e. The maximum Gasteiger partial charge on any atom is 0.253 e. The zero-order chi connectivity index (χ0) is 20.5. The van der Waals surface area contributed by atoms with Crippen LogP contribution in [0.1, 0.15) is 22.3 Å². The van der Waals surface area contributed by atoms with Gasteiger partial charge in [0.05, 0.1) is 22.5 Å². The van der Waals surface area contributed by atoms with Crippen LogP contribution in [0.2, 0.25) is 0 Å². The number of carbonyl (C=O) groups is 1. The molecule has 5 nitrogen and oxygen atoms in total. The van der Waals surface area contributed by atoms with E-state index in [-0.39, 0.29) is 29.6 Å². The van der Waals surface area contributed by atoms with Gasteiger partial charge in [-0.1, -0.05) is 0 Å². The molecule has 0 spiro atoms. The van der Waals surface area contributed by atoms with Gasteiger partial charge < -0.3 is 15.2 Å². The highest BCUT2D eigenvalue weighted by Gasteiger charge is 2.28. The zero-order valence-corrected chi connectivity index (χ0v) is 15.3. The van der Waals surface area contributed by atoms with Crippen LogP contribution in [0.15, 0.2) is 36.7 Å². The van der Waals surface area contributed by atoms with Crippen LogP contribution in [-0.2, 0) is 6.54 Å². The Labute approximate surface area is 163 Å². The smallest absolute Gasteiger partial charge is 0.253 e. The second kappa shape index (κ2) is 7.82. The van der Waals surface area contributed by atoms with E-state index in [0.717, 1.165) is 12.1 Å². The Morgan fingerprint density at radius 1 is 1.24 bits per heavy atom. The van der Waals surface area contributed by atoms with Crippen LogP contribution in [0.4, 0.5) is 17.6 Å². The van der Waals surface area contributed by atoms with Crippen LogP contribution >= 0.6 is 0 Å². The molecule has 1 amide bonds. The molecule has 3 heterocycles. The highest BCUT2D eigenvalue weighted by Crippen LogP contribution is 2.28. The molecule has 1 aliphatic heterocycles. The Morgan fingerprint density at radius 3 is 2.79 bits per heavy atom. The Kier molecular flexibility index (Phi) is 5.23. The minimum absolute atomic E-state index is 0.00266. The number of fused-ring (bicyclic) bond motifs is 1. The highest BCUT2D eigenvalue weighted by molar-refractivity contribution is 6.07. The van der Waals surface area contributed by atoms with Crippen LogP contribution in [0.3, 0.4) is 0 Å². The Balaban J connectivity index is 1.74. The van der Waals surface area contributed by atoms with Crippen molar-refractivity contribution in [2.24, 2.45) is 0 Å². The number of amides is 1. The molecule has 1 saturated heterocycles. The molecule has 2 N–H and O–H groups in total. The van der Waals surface area contributed by atoms with Gasteiger partial charge in [0.15, 0.2) is 0 Å². The lowest BCUT2D eigenvalue weighted by Gasteiger charge is -2.27. The maximum atomic E-state index is 14.5. The molecule has 152 valence electrons. The monoisotopic (exact) mass is 406 g/mol. The van der Waals surface area contributed by atoms with Crippen molar-refractivity contribution < 1.29 is 22.4 Å². The lowest BCUT2D eigenvalue weighted by Crippen LogP contribution is -2.50. The van der Waals surface area contributed by atoms with Crippen molar-refractivity contribution in [3.05, 3.63) is 65.4 Å². The van der Waals surface area contributed by atoms with Gasteiger partial charge in [-0.05, 0) is 42.8 Å². The first-order chi connectivity index (χ1) is 13.9. The molecule has 0 saturated carbocycles. The summed E-state index contributed by atoms with van der Waals surface area (Å²) in [7, 11) is 0. The molecule has 0 radical (unpaired) electrons. The van der Waals surface area contributed by atoms with Crippen molar-refractivity contribution in [3.8, 4) is 0 Å². The Hall–Kier alpha value is -2.94. The van der Waals surface area contributed by atoms with Gasteiger partial charge >= 0.3 is 0 Å². The number of nitrogens with zero attached hydrogens (tertiary/aromatic N) is 2. The van der Waals surface area contributed by atoms with Gasteiger partial charge in [-0.3, -0.25) is 4.79 Å². The molecule has 0 bridgehead atoms. The summed E-state index contributed by atoms with van der Waals surface area (Å²) < 4.78 is 57.9. The van der Waals surface area contributed by atoms with Gasteiger partial charge in [0, 0.05) is 25.5 Å². The van der Waals surface area contributed by atoms with Crippen molar-refractivity contribution in [1.82, 2.24) is 20.2 Å². The van der Waals surface area contributed by atoms with Crippen LogP contribution < -0.4 is 10.6 Å². The van der Waals surface area contributed by atoms with Gasteiger partial charge in [-0.15, -0.1) is 0 Å². The zero-order valence-electron chi connectivity index (χ0n) is 15.3. The second-order valence-corrected chi connectivity index (χ2v) is 7.00. The SMILES string of the molecule is O=C(NC1CCNC[C@@H]1F)c1cn(Cc2ccnc(F)c2)c2c(F)ccc(F)c12. The van der Waals surface area contributed by atoms with E-state index >= 15 is 0 Å². The summed E-state index contributed by atoms with van der Waals surface area (Å²) in [4.78, 5) is 16.3. The van der Waals surface area contributed by atoms with Crippen molar-refractivity contribution >= 4 is 16.8 Å². The minimum atomic E-state index is -1.28. The normalized spacial score (nSPS) is 19.4. The number of piperidine rings is 1. The van der Waals surface area contributed by atoms with Crippen molar-refractivity contribution in [2.75, 3.05) is 13.1 Å². The summed E-state index contributed by atoms with van der Waals surface area (Å²) in [5, 5.41) is 5.27. The number of carbonyl (C=O) groups excluding carboxylic acids is 1. The molecule has 4 rings (SSSR count). The van der Waals surface area contributed by atoms with E-state index in [0.29, 0.717) is 18.5 Å². The predicted molar refractivity (Wildman–Crippen MR) is 98.8 cm³/mol. The first-order valence-corrected chi connectivity index (χ1v) is 9.17. The van der Waals surface area contributed by atoms with Gasteiger partial charge in [-0.2, -0.15) is 4.39 Å². The molecule has 2 atom stereocenters. The second-order valence-electron chi connectivity index (χ2n) is 7.00. The van der Waals surface area contributed by atoms with Crippen molar-refractivity contribution in [3.63, 3.8) is 0 Å². The minimum Gasteiger partial charge on any atom is -0.346 e. The fraction of sp³-hybridized carbons (Fsp3) is 0.300. The first-order valence-electron chi connectivity index (χ1n) is 9.17. The molecule has 9 heteroatoms. The van der Waals surface area contributed by atoms with E-state index in [4.69, 9.17) is 0 Å². The van der Waals surface area contributed by atoms with Crippen LogP contribution in [0.25, 0.3) is 10.9 Å². The van der Waals surface area contributed by atoms with Gasteiger partial charge in [0.2, 0.25) is 5.95 Å². The number of pyridine rings is 1. The average Bonchev–Trinajstić information content (AvgIpc) is 3.07.